The molecule has 2 N–H and O–H groups in total. The molecule has 7 nitrogen and oxygen atoms in total. The second kappa shape index (κ2) is 11.2. The van der Waals surface area contributed by atoms with Crippen molar-refractivity contribution in [2.24, 2.45) is 0 Å². The highest BCUT2D eigenvalue weighted by molar-refractivity contribution is 6.05. The minimum absolute atomic E-state index is 0.0607. The lowest BCUT2D eigenvalue weighted by Gasteiger charge is -2.19. The van der Waals surface area contributed by atoms with Crippen molar-refractivity contribution in [1.29, 1.82) is 0 Å². The molecule has 3 aromatic rings. The SMILES string of the molecule is COc1cc(NC(=O)c2ccccc2)c(OC)cc1NC(=O)CN(C)Cc1ccc(F)cc1F. The van der Waals surface area contributed by atoms with Gasteiger partial charge < -0.3 is 20.1 Å². The van der Waals surface area contributed by atoms with Gasteiger partial charge in [0.1, 0.15) is 23.1 Å². The van der Waals surface area contributed by atoms with Crippen molar-refractivity contribution in [3.63, 3.8) is 0 Å². The van der Waals surface area contributed by atoms with Crippen LogP contribution in [0.1, 0.15) is 15.9 Å². The average Bonchev–Trinajstić information content (AvgIpc) is 2.81. The van der Waals surface area contributed by atoms with Crippen molar-refractivity contribution in [2.45, 2.75) is 6.54 Å². The topological polar surface area (TPSA) is 79.9 Å². The Balaban J connectivity index is 1.70. The number of carbonyl (C=O) groups is 2. The molecule has 0 saturated heterocycles. The van der Waals surface area contributed by atoms with Gasteiger partial charge in [-0.3, -0.25) is 14.5 Å². The highest BCUT2D eigenvalue weighted by Crippen LogP contribution is 2.36. The minimum Gasteiger partial charge on any atom is -0.494 e. The molecule has 0 aliphatic rings. The number of hydrogen-bond acceptors (Lipinski definition) is 5. The predicted molar refractivity (Wildman–Crippen MR) is 125 cm³/mol. The number of benzene rings is 3. The van der Waals surface area contributed by atoms with Crippen LogP contribution in [0.3, 0.4) is 0 Å². The number of likely N-dealkylation sites (N-methyl/N-ethyl adjacent to an activating group) is 1. The summed E-state index contributed by atoms with van der Waals surface area (Å²) in [4.78, 5) is 26.7. The van der Waals surface area contributed by atoms with Gasteiger partial charge in [0.25, 0.3) is 5.91 Å². The number of anilines is 2. The Hall–Kier alpha value is -3.98. The van der Waals surface area contributed by atoms with Crippen molar-refractivity contribution >= 4 is 23.2 Å². The van der Waals surface area contributed by atoms with Crippen LogP contribution < -0.4 is 20.1 Å². The number of nitrogens with one attached hydrogen (secondary N) is 2. The summed E-state index contributed by atoms with van der Waals surface area (Å²) in [5, 5.41) is 5.51. The first-order valence-electron chi connectivity index (χ1n) is 10.4. The summed E-state index contributed by atoms with van der Waals surface area (Å²) in [6.45, 7) is 0.0548. The van der Waals surface area contributed by atoms with Gasteiger partial charge >= 0.3 is 0 Å². The Kier molecular flexibility index (Phi) is 8.15. The van der Waals surface area contributed by atoms with Crippen LogP contribution in [0, 0.1) is 11.6 Å². The van der Waals surface area contributed by atoms with Crippen molar-refractivity contribution in [3.8, 4) is 11.5 Å². The van der Waals surface area contributed by atoms with E-state index in [0.717, 1.165) is 6.07 Å². The molecule has 0 spiro atoms. The number of carbonyl (C=O) groups excluding carboxylic acids is 2. The second-order valence-electron chi connectivity index (χ2n) is 7.53. The van der Waals surface area contributed by atoms with Crippen molar-refractivity contribution in [2.75, 3.05) is 38.4 Å². The summed E-state index contributed by atoms with van der Waals surface area (Å²) >= 11 is 0. The number of methoxy groups -OCH3 is 2. The van der Waals surface area contributed by atoms with Gasteiger partial charge in [-0.15, -0.1) is 0 Å². The average molecular weight is 469 g/mol. The fraction of sp³-hybridized carbons (Fsp3) is 0.200. The number of halogens is 2. The summed E-state index contributed by atoms with van der Waals surface area (Å²) in [6, 6.07) is 15.1. The lowest BCUT2D eigenvalue weighted by atomic mass is 10.2. The van der Waals surface area contributed by atoms with E-state index < -0.39 is 11.6 Å². The Morgan fingerprint density at radius 2 is 1.50 bits per heavy atom. The fourth-order valence-electron chi connectivity index (χ4n) is 3.31. The Bertz CT molecular complexity index is 1170. The quantitative estimate of drug-likeness (QED) is 0.488. The molecule has 178 valence electrons. The van der Waals surface area contributed by atoms with Crippen LogP contribution in [-0.2, 0) is 11.3 Å². The molecule has 9 heteroatoms. The molecular weight excluding hydrogens is 444 g/mol. The number of ether oxygens (including phenoxy) is 2. The first-order chi connectivity index (χ1) is 16.3. The van der Waals surface area contributed by atoms with E-state index in [9.17, 15) is 18.4 Å². The molecule has 0 atom stereocenters. The monoisotopic (exact) mass is 469 g/mol. The number of rotatable bonds is 9. The number of nitrogens with zero attached hydrogens (tertiary/aromatic N) is 1. The van der Waals surface area contributed by atoms with Crippen LogP contribution >= 0.6 is 0 Å². The van der Waals surface area contributed by atoms with E-state index in [0.29, 0.717) is 28.4 Å². The van der Waals surface area contributed by atoms with Crippen LogP contribution in [-0.4, -0.2) is 44.5 Å². The summed E-state index contributed by atoms with van der Waals surface area (Å²) < 4.78 is 37.7. The molecule has 0 radical (unpaired) electrons. The molecule has 0 aliphatic carbocycles. The second-order valence-corrected chi connectivity index (χ2v) is 7.53. The van der Waals surface area contributed by atoms with Crippen LogP contribution in [0.4, 0.5) is 20.2 Å². The Labute approximate surface area is 196 Å². The van der Waals surface area contributed by atoms with E-state index in [1.54, 1.807) is 42.3 Å². The van der Waals surface area contributed by atoms with Crippen LogP contribution in [0.15, 0.2) is 60.7 Å². The van der Waals surface area contributed by atoms with Gasteiger partial charge in [-0.1, -0.05) is 24.3 Å². The third kappa shape index (κ3) is 6.29. The molecule has 0 aromatic heterocycles. The molecule has 0 fully saturated rings. The molecule has 3 aromatic carbocycles. The Morgan fingerprint density at radius 1 is 0.882 bits per heavy atom. The van der Waals surface area contributed by atoms with Gasteiger partial charge in [0, 0.05) is 35.9 Å². The van der Waals surface area contributed by atoms with Gasteiger partial charge in [0.05, 0.1) is 32.1 Å². The maximum absolute atomic E-state index is 13.9. The van der Waals surface area contributed by atoms with Gasteiger partial charge in [-0.25, -0.2) is 8.78 Å². The maximum atomic E-state index is 13.9. The van der Waals surface area contributed by atoms with E-state index in [1.807, 2.05) is 6.07 Å². The molecule has 0 aliphatic heterocycles. The van der Waals surface area contributed by atoms with Crippen LogP contribution in [0.5, 0.6) is 11.5 Å². The largest absolute Gasteiger partial charge is 0.494 e. The first kappa shape index (κ1) is 24.7. The third-order valence-corrected chi connectivity index (χ3v) is 4.95. The highest BCUT2D eigenvalue weighted by atomic mass is 19.1. The van der Waals surface area contributed by atoms with E-state index in [4.69, 9.17) is 9.47 Å². The lowest BCUT2D eigenvalue weighted by Crippen LogP contribution is -2.30. The third-order valence-electron chi connectivity index (χ3n) is 4.95. The molecule has 0 bridgehead atoms. The van der Waals surface area contributed by atoms with Gasteiger partial charge in [-0.05, 0) is 25.2 Å². The van der Waals surface area contributed by atoms with Crippen molar-refractivity contribution in [3.05, 3.63) is 83.4 Å². The molecule has 2 amide bonds. The summed E-state index contributed by atoms with van der Waals surface area (Å²) in [5.41, 5.74) is 1.45. The highest BCUT2D eigenvalue weighted by Gasteiger charge is 2.17. The standard InChI is InChI=1S/C25H25F2N3O4/c1-30(14-17-9-10-18(26)11-19(17)27)15-24(31)28-20-12-23(34-3)21(13-22(20)33-2)29-25(32)16-7-5-4-6-8-16/h4-13H,14-15H2,1-3H3,(H,28,31)(H,29,32). The fourth-order valence-corrected chi connectivity index (χ4v) is 3.31. The maximum Gasteiger partial charge on any atom is 0.255 e. The van der Waals surface area contributed by atoms with E-state index >= 15 is 0 Å². The zero-order valence-corrected chi connectivity index (χ0v) is 19.0. The van der Waals surface area contributed by atoms with Crippen LogP contribution in [0.25, 0.3) is 0 Å². The first-order valence-corrected chi connectivity index (χ1v) is 10.4. The van der Waals surface area contributed by atoms with Crippen LogP contribution in [0.2, 0.25) is 0 Å². The van der Waals surface area contributed by atoms with E-state index in [-0.39, 0.29) is 30.5 Å². The minimum atomic E-state index is -0.674. The van der Waals surface area contributed by atoms with Gasteiger partial charge in [0.2, 0.25) is 5.91 Å². The summed E-state index contributed by atoms with van der Waals surface area (Å²) in [7, 11) is 4.52. The Morgan fingerprint density at radius 3 is 2.09 bits per heavy atom. The summed E-state index contributed by atoms with van der Waals surface area (Å²) in [5.74, 6) is -1.41. The van der Waals surface area contributed by atoms with E-state index in [2.05, 4.69) is 10.6 Å². The van der Waals surface area contributed by atoms with Crippen molar-refractivity contribution in [1.82, 2.24) is 4.90 Å². The smallest absolute Gasteiger partial charge is 0.255 e. The van der Waals surface area contributed by atoms with Gasteiger partial charge in [0.15, 0.2) is 0 Å². The van der Waals surface area contributed by atoms with E-state index in [1.165, 1.54) is 32.4 Å². The molecule has 0 heterocycles. The van der Waals surface area contributed by atoms with Gasteiger partial charge in [-0.2, -0.15) is 0 Å². The molecule has 0 unspecified atom stereocenters. The lowest BCUT2D eigenvalue weighted by molar-refractivity contribution is -0.117. The van der Waals surface area contributed by atoms with Crippen molar-refractivity contribution < 1.29 is 27.8 Å². The molecule has 0 saturated carbocycles. The molecular formula is C25H25F2N3O4. The molecule has 34 heavy (non-hydrogen) atoms. The zero-order chi connectivity index (χ0) is 24.7. The molecule has 3 rings (SSSR count). The number of hydrogen-bond donors (Lipinski definition) is 2. The number of amides is 2. The summed E-state index contributed by atoms with van der Waals surface area (Å²) in [6.07, 6.45) is 0. The normalized spacial score (nSPS) is 10.6. The predicted octanol–water partition coefficient (Wildman–Crippen LogP) is 4.30. The zero-order valence-electron chi connectivity index (χ0n) is 19.0.